The van der Waals surface area contributed by atoms with Crippen LogP contribution in [0.25, 0.3) is 0 Å². The fraction of sp³-hybridized carbons (Fsp3) is 1.00. The van der Waals surface area contributed by atoms with E-state index in [-0.39, 0.29) is 5.54 Å². The Morgan fingerprint density at radius 2 is 1.63 bits per heavy atom. The smallest absolute Gasteiger partial charge is 0.0166 e. The van der Waals surface area contributed by atoms with E-state index in [0.29, 0.717) is 0 Å². The molecule has 0 spiro atoms. The molecule has 0 aromatic heterocycles. The molecule has 1 saturated heterocycles. The zero-order chi connectivity index (χ0) is 13.1. The van der Waals surface area contributed by atoms with Crippen LogP contribution in [0.3, 0.4) is 0 Å². The standard InChI is InChI=1S/C17H32N2/c18-17(10-4-1-5-11-17)12-14-19-13-6-8-15-7-2-3-9-16(15)19/h15-16H,1-14,18H2. The molecule has 2 nitrogen and oxygen atoms in total. The second-order valence-electron chi connectivity index (χ2n) is 7.46. The first-order valence-electron chi connectivity index (χ1n) is 8.80. The zero-order valence-electron chi connectivity index (χ0n) is 12.6. The Bertz CT molecular complexity index is 281. The summed E-state index contributed by atoms with van der Waals surface area (Å²) in [6.45, 7) is 2.62. The maximum atomic E-state index is 6.62. The molecule has 2 atom stereocenters. The van der Waals surface area contributed by atoms with E-state index in [1.54, 1.807) is 0 Å². The molecule has 0 bridgehead atoms. The Balaban J connectivity index is 1.53. The molecule has 1 aliphatic heterocycles. The van der Waals surface area contributed by atoms with Gasteiger partial charge in [-0.25, -0.2) is 0 Å². The number of hydrogen-bond donors (Lipinski definition) is 1. The second-order valence-corrected chi connectivity index (χ2v) is 7.46. The van der Waals surface area contributed by atoms with E-state index in [1.165, 1.54) is 90.1 Å². The van der Waals surface area contributed by atoms with Gasteiger partial charge in [0, 0.05) is 18.1 Å². The summed E-state index contributed by atoms with van der Waals surface area (Å²) in [7, 11) is 0. The van der Waals surface area contributed by atoms with Crippen molar-refractivity contribution in [2.75, 3.05) is 13.1 Å². The Kier molecular flexibility index (Phi) is 4.48. The highest BCUT2D eigenvalue weighted by Gasteiger charge is 2.34. The molecule has 2 saturated carbocycles. The Hall–Kier alpha value is -0.0800. The number of fused-ring (bicyclic) bond motifs is 1. The van der Waals surface area contributed by atoms with E-state index >= 15 is 0 Å². The van der Waals surface area contributed by atoms with Gasteiger partial charge in [-0.05, 0) is 57.4 Å². The van der Waals surface area contributed by atoms with Gasteiger partial charge in [0.2, 0.25) is 0 Å². The summed E-state index contributed by atoms with van der Waals surface area (Å²) in [4.78, 5) is 2.82. The van der Waals surface area contributed by atoms with Crippen molar-refractivity contribution in [3.63, 3.8) is 0 Å². The van der Waals surface area contributed by atoms with Crippen LogP contribution in [-0.4, -0.2) is 29.6 Å². The van der Waals surface area contributed by atoms with E-state index in [2.05, 4.69) is 4.90 Å². The van der Waals surface area contributed by atoms with Crippen LogP contribution >= 0.6 is 0 Å². The van der Waals surface area contributed by atoms with Gasteiger partial charge < -0.3 is 10.6 Å². The third-order valence-corrected chi connectivity index (χ3v) is 6.10. The lowest BCUT2D eigenvalue weighted by Gasteiger charge is -2.45. The molecular weight excluding hydrogens is 232 g/mol. The molecule has 110 valence electrons. The molecule has 0 amide bonds. The summed E-state index contributed by atoms with van der Waals surface area (Å²) in [5.41, 5.74) is 6.80. The summed E-state index contributed by atoms with van der Waals surface area (Å²) in [5.74, 6) is 1.02. The summed E-state index contributed by atoms with van der Waals surface area (Å²) in [5, 5.41) is 0. The summed E-state index contributed by atoms with van der Waals surface area (Å²) < 4.78 is 0. The molecule has 2 aliphatic carbocycles. The summed E-state index contributed by atoms with van der Waals surface area (Å²) in [6.07, 6.45) is 16.8. The minimum Gasteiger partial charge on any atom is -0.325 e. The van der Waals surface area contributed by atoms with Crippen molar-refractivity contribution >= 4 is 0 Å². The van der Waals surface area contributed by atoms with E-state index in [1.807, 2.05) is 0 Å². The molecular formula is C17H32N2. The molecule has 19 heavy (non-hydrogen) atoms. The zero-order valence-corrected chi connectivity index (χ0v) is 12.6. The van der Waals surface area contributed by atoms with Crippen LogP contribution in [-0.2, 0) is 0 Å². The maximum Gasteiger partial charge on any atom is 0.0166 e. The first-order valence-corrected chi connectivity index (χ1v) is 8.80. The molecule has 0 aromatic rings. The van der Waals surface area contributed by atoms with Crippen molar-refractivity contribution < 1.29 is 0 Å². The molecule has 3 rings (SSSR count). The van der Waals surface area contributed by atoms with Gasteiger partial charge in [0.25, 0.3) is 0 Å². The van der Waals surface area contributed by atoms with Crippen molar-refractivity contribution in [3.8, 4) is 0 Å². The van der Waals surface area contributed by atoms with Crippen LogP contribution in [0.5, 0.6) is 0 Å². The highest BCUT2D eigenvalue weighted by Crippen LogP contribution is 2.36. The molecule has 0 radical (unpaired) electrons. The Labute approximate surface area is 119 Å². The van der Waals surface area contributed by atoms with Gasteiger partial charge >= 0.3 is 0 Å². The SMILES string of the molecule is NC1(CCN2CCCC3CCCCC32)CCCCC1. The average molecular weight is 264 g/mol. The number of nitrogens with two attached hydrogens (primary N) is 1. The minimum absolute atomic E-state index is 0.180. The van der Waals surface area contributed by atoms with Gasteiger partial charge in [0.05, 0.1) is 0 Å². The first-order chi connectivity index (χ1) is 9.27. The van der Waals surface area contributed by atoms with Crippen molar-refractivity contribution in [1.29, 1.82) is 0 Å². The molecule has 2 heteroatoms. The molecule has 0 aromatic carbocycles. The summed E-state index contributed by atoms with van der Waals surface area (Å²) >= 11 is 0. The maximum absolute atomic E-state index is 6.62. The Morgan fingerprint density at radius 3 is 2.47 bits per heavy atom. The van der Waals surface area contributed by atoms with Crippen LogP contribution in [0, 0.1) is 5.92 Å². The monoisotopic (exact) mass is 264 g/mol. The van der Waals surface area contributed by atoms with E-state index in [0.717, 1.165) is 12.0 Å². The quantitative estimate of drug-likeness (QED) is 0.842. The minimum atomic E-state index is 0.180. The van der Waals surface area contributed by atoms with Gasteiger partial charge in [0.15, 0.2) is 0 Å². The van der Waals surface area contributed by atoms with E-state index in [9.17, 15) is 0 Å². The first kappa shape index (κ1) is 13.9. The molecule has 3 aliphatic rings. The van der Waals surface area contributed by atoms with Crippen molar-refractivity contribution in [2.24, 2.45) is 11.7 Å². The van der Waals surface area contributed by atoms with Crippen LogP contribution < -0.4 is 5.73 Å². The van der Waals surface area contributed by atoms with E-state index < -0.39 is 0 Å². The average Bonchev–Trinajstić information content (AvgIpc) is 2.46. The van der Waals surface area contributed by atoms with Gasteiger partial charge in [0.1, 0.15) is 0 Å². The van der Waals surface area contributed by atoms with Gasteiger partial charge in [-0.2, -0.15) is 0 Å². The molecule has 2 unspecified atom stereocenters. The number of nitrogens with zero attached hydrogens (tertiary/aromatic N) is 1. The predicted molar refractivity (Wildman–Crippen MR) is 81.2 cm³/mol. The predicted octanol–water partition coefficient (Wildman–Crippen LogP) is 3.69. The fourth-order valence-corrected chi connectivity index (χ4v) is 4.88. The number of piperidine rings is 1. The number of likely N-dealkylation sites (tertiary alicyclic amines) is 1. The lowest BCUT2D eigenvalue weighted by molar-refractivity contribution is 0.0522. The van der Waals surface area contributed by atoms with Gasteiger partial charge in [-0.1, -0.05) is 32.1 Å². The van der Waals surface area contributed by atoms with Crippen LogP contribution in [0.15, 0.2) is 0 Å². The fourth-order valence-electron chi connectivity index (χ4n) is 4.88. The number of rotatable bonds is 3. The summed E-state index contributed by atoms with van der Waals surface area (Å²) in [6, 6.07) is 0.912. The topological polar surface area (TPSA) is 29.3 Å². The largest absolute Gasteiger partial charge is 0.325 e. The second kappa shape index (κ2) is 6.13. The van der Waals surface area contributed by atoms with Crippen LogP contribution in [0.1, 0.15) is 77.0 Å². The lowest BCUT2D eigenvalue weighted by atomic mass is 9.77. The number of hydrogen-bond acceptors (Lipinski definition) is 2. The molecule has 3 fully saturated rings. The van der Waals surface area contributed by atoms with Crippen molar-refractivity contribution in [1.82, 2.24) is 4.90 Å². The third-order valence-electron chi connectivity index (χ3n) is 6.10. The van der Waals surface area contributed by atoms with Crippen LogP contribution in [0.4, 0.5) is 0 Å². The highest BCUT2D eigenvalue weighted by atomic mass is 15.2. The van der Waals surface area contributed by atoms with Crippen LogP contribution in [0.2, 0.25) is 0 Å². The molecule has 1 heterocycles. The van der Waals surface area contributed by atoms with E-state index in [4.69, 9.17) is 5.73 Å². The lowest BCUT2D eigenvalue weighted by Crippen LogP contribution is -2.50. The van der Waals surface area contributed by atoms with Crippen molar-refractivity contribution in [3.05, 3.63) is 0 Å². The van der Waals surface area contributed by atoms with Gasteiger partial charge in [-0.15, -0.1) is 0 Å². The molecule has 2 N–H and O–H groups in total. The van der Waals surface area contributed by atoms with Gasteiger partial charge in [-0.3, -0.25) is 0 Å². The van der Waals surface area contributed by atoms with Crippen molar-refractivity contribution in [2.45, 2.75) is 88.6 Å². The third kappa shape index (κ3) is 3.33. The normalized spacial score (nSPS) is 35.8. The Morgan fingerprint density at radius 1 is 0.895 bits per heavy atom. The highest BCUT2D eigenvalue weighted by molar-refractivity contribution is 4.91.